The van der Waals surface area contributed by atoms with Crippen molar-refractivity contribution < 1.29 is 4.39 Å². The molecule has 3 nitrogen and oxygen atoms in total. The van der Waals surface area contributed by atoms with Gasteiger partial charge in [-0.2, -0.15) is 0 Å². The minimum absolute atomic E-state index is 0.232. The van der Waals surface area contributed by atoms with Crippen molar-refractivity contribution in [3.05, 3.63) is 22.4 Å². The molecule has 0 amide bonds. The first-order valence-electron chi connectivity index (χ1n) is 6.17. The fourth-order valence-electron chi connectivity index (χ4n) is 2.20. The fourth-order valence-corrected chi connectivity index (χ4v) is 2.53. The fraction of sp³-hybridized carbons (Fsp3) is 0.462. The Hall–Kier alpha value is -1.10. The quantitative estimate of drug-likeness (QED) is 0.916. The number of benzene rings is 1. The molecule has 1 unspecified atom stereocenters. The van der Waals surface area contributed by atoms with E-state index < -0.39 is 0 Å². The smallest absolute Gasteiger partial charge is 0.201 e. The molecule has 98 valence electrons. The maximum Gasteiger partial charge on any atom is 0.201 e. The lowest BCUT2D eigenvalue weighted by Crippen LogP contribution is -2.08. The van der Waals surface area contributed by atoms with Crippen LogP contribution in [-0.4, -0.2) is 9.55 Å². The molecule has 0 fully saturated rings. The summed E-state index contributed by atoms with van der Waals surface area (Å²) in [4.78, 5) is 4.29. The molecule has 0 spiro atoms. The van der Waals surface area contributed by atoms with E-state index in [0.29, 0.717) is 10.4 Å². The number of nitrogens with zero attached hydrogens (tertiary/aromatic N) is 2. The van der Waals surface area contributed by atoms with Crippen LogP contribution >= 0.6 is 15.9 Å². The number of rotatable bonds is 4. The van der Waals surface area contributed by atoms with E-state index in [-0.39, 0.29) is 11.9 Å². The number of halogens is 2. The van der Waals surface area contributed by atoms with Gasteiger partial charge in [-0.3, -0.25) is 0 Å². The molecule has 18 heavy (non-hydrogen) atoms. The van der Waals surface area contributed by atoms with Crippen LogP contribution in [0.15, 0.2) is 16.6 Å². The number of hydrogen-bond donors (Lipinski definition) is 1. The van der Waals surface area contributed by atoms with Crippen molar-refractivity contribution in [2.75, 3.05) is 5.73 Å². The molecule has 2 rings (SSSR count). The highest BCUT2D eigenvalue weighted by Gasteiger charge is 2.15. The first-order chi connectivity index (χ1) is 8.54. The average molecular weight is 314 g/mol. The van der Waals surface area contributed by atoms with Crippen LogP contribution < -0.4 is 5.73 Å². The Balaban J connectivity index is 2.49. The van der Waals surface area contributed by atoms with Gasteiger partial charge in [0.05, 0.1) is 15.5 Å². The molecule has 0 saturated carbocycles. The number of nitrogen functional groups attached to an aromatic ring is 1. The summed E-state index contributed by atoms with van der Waals surface area (Å²) in [7, 11) is 0. The molecule has 0 bridgehead atoms. The summed E-state index contributed by atoms with van der Waals surface area (Å²) >= 11 is 3.16. The number of unbranched alkanes of at least 4 members (excludes halogenated alkanes) is 1. The Morgan fingerprint density at radius 3 is 2.89 bits per heavy atom. The third-order valence-electron chi connectivity index (χ3n) is 3.18. The Morgan fingerprint density at radius 1 is 1.50 bits per heavy atom. The predicted octanol–water partition coefficient (Wildman–Crippen LogP) is 4.27. The first kappa shape index (κ1) is 13.3. The second-order valence-corrected chi connectivity index (χ2v) is 5.44. The standard InChI is InChI=1S/C13H17BrFN3/c1-3-4-5-8(2)18-12-7-10(15)9(14)6-11(12)17-13(18)16/h6-8H,3-5H2,1-2H3,(H2,16,17). The summed E-state index contributed by atoms with van der Waals surface area (Å²) in [5.41, 5.74) is 7.43. The van der Waals surface area contributed by atoms with Crippen LogP contribution in [-0.2, 0) is 0 Å². The molecular weight excluding hydrogens is 297 g/mol. The Labute approximate surface area is 114 Å². The van der Waals surface area contributed by atoms with Gasteiger partial charge >= 0.3 is 0 Å². The highest BCUT2D eigenvalue weighted by molar-refractivity contribution is 9.10. The van der Waals surface area contributed by atoms with Crippen LogP contribution in [0.3, 0.4) is 0 Å². The van der Waals surface area contributed by atoms with E-state index in [0.717, 1.165) is 30.3 Å². The van der Waals surface area contributed by atoms with Crippen molar-refractivity contribution in [1.29, 1.82) is 0 Å². The molecule has 5 heteroatoms. The summed E-state index contributed by atoms with van der Waals surface area (Å²) in [6, 6.07) is 3.39. The van der Waals surface area contributed by atoms with Gasteiger partial charge in [-0.25, -0.2) is 9.37 Å². The zero-order valence-electron chi connectivity index (χ0n) is 10.6. The van der Waals surface area contributed by atoms with E-state index in [1.165, 1.54) is 6.07 Å². The molecule has 0 radical (unpaired) electrons. The summed E-state index contributed by atoms with van der Waals surface area (Å²) in [5.74, 6) is 0.164. The van der Waals surface area contributed by atoms with E-state index in [2.05, 4.69) is 34.8 Å². The molecule has 1 atom stereocenters. The Morgan fingerprint density at radius 2 is 2.22 bits per heavy atom. The molecule has 0 saturated heterocycles. The number of aromatic nitrogens is 2. The maximum atomic E-state index is 13.6. The van der Waals surface area contributed by atoms with Crippen LogP contribution in [0.1, 0.15) is 39.2 Å². The lowest BCUT2D eigenvalue weighted by atomic mass is 10.1. The van der Waals surface area contributed by atoms with Crippen molar-refractivity contribution in [3.63, 3.8) is 0 Å². The van der Waals surface area contributed by atoms with Crippen LogP contribution in [0.25, 0.3) is 11.0 Å². The van der Waals surface area contributed by atoms with Crippen LogP contribution in [0.2, 0.25) is 0 Å². The third-order valence-corrected chi connectivity index (χ3v) is 3.78. The van der Waals surface area contributed by atoms with Crippen molar-refractivity contribution >= 4 is 32.9 Å². The van der Waals surface area contributed by atoms with E-state index in [1.807, 2.05) is 4.57 Å². The van der Waals surface area contributed by atoms with E-state index in [9.17, 15) is 4.39 Å². The zero-order valence-corrected chi connectivity index (χ0v) is 12.2. The van der Waals surface area contributed by atoms with Gasteiger partial charge in [-0.1, -0.05) is 19.8 Å². The van der Waals surface area contributed by atoms with Crippen LogP contribution in [0.5, 0.6) is 0 Å². The SMILES string of the molecule is CCCCC(C)n1c(N)nc2cc(Br)c(F)cc21. The monoisotopic (exact) mass is 313 g/mol. The van der Waals surface area contributed by atoms with Gasteiger partial charge in [0, 0.05) is 12.1 Å². The van der Waals surface area contributed by atoms with Crippen molar-refractivity contribution in [1.82, 2.24) is 9.55 Å². The Kier molecular flexibility index (Phi) is 3.90. The number of imidazole rings is 1. The average Bonchev–Trinajstić information content (AvgIpc) is 2.62. The van der Waals surface area contributed by atoms with Gasteiger partial charge in [0.25, 0.3) is 0 Å². The molecular formula is C13H17BrFN3. The van der Waals surface area contributed by atoms with Crippen molar-refractivity contribution in [2.45, 2.75) is 39.2 Å². The third kappa shape index (κ3) is 2.36. The van der Waals surface area contributed by atoms with Crippen molar-refractivity contribution in [2.24, 2.45) is 0 Å². The zero-order chi connectivity index (χ0) is 13.3. The predicted molar refractivity (Wildman–Crippen MR) is 76.0 cm³/mol. The molecule has 0 aliphatic rings. The largest absolute Gasteiger partial charge is 0.369 e. The number of fused-ring (bicyclic) bond motifs is 1. The van der Waals surface area contributed by atoms with Gasteiger partial charge in [-0.15, -0.1) is 0 Å². The number of nitrogens with two attached hydrogens (primary N) is 1. The maximum absolute atomic E-state index is 13.6. The molecule has 2 N–H and O–H groups in total. The van der Waals surface area contributed by atoms with Gasteiger partial charge in [-0.05, 0) is 35.3 Å². The van der Waals surface area contributed by atoms with Crippen molar-refractivity contribution in [3.8, 4) is 0 Å². The van der Waals surface area contributed by atoms with Gasteiger partial charge in [0.2, 0.25) is 5.95 Å². The first-order valence-corrected chi connectivity index (χ1v) is 6.96. The van der Waals surface area contributed by atoms with E-state index in [1.54, 1.807) is 6.07 Å². The molecule has 1 aromatic heterocycles. The number of anilines is 1. The summed E-state index contributed by atoms with van der Waals surface area (Å²) in [6.07, 6.45) is 3.28. The lowest BCUT2D eigenvalue weighted by molar-refractivity contribution is 0.500. The highest BCUT2D eigenvalue weighted by atomic mass is 79.9. The van der Waals surface area contributed by atoms with Crippen LogP contribution in [0.4, 0.5) is 10.3 Å². The van der Waals surface area contributed by atoms with E-state index in [4.69, 9.17) is 5.73 Å². The minimum Gasteiger partial charge on any atom is -0.369 e. The molecule has 1 heterocycles. The molecule has 1 aromatic carbocycles. The van der Waals surface area contributed by atoms with Crippen LogP contribution in [0, 0.1) is 5.82 Å². The summed E-state index contributed by atoms with van der Waals surface area (Å²) < 4.78 is 16.0. The van der Waals surface area contributed by atoms with Gasteiger partial charge in [0.1, 0.15) is 5.82 Å². The molecule has 0 aliphatic carbocycles. The van der Waals surface area contributed by atoms with Gasteiger partial charge < -0.3 is 10.3 Å². The second-order valence-electron chi connectivity index (χ2n) is 4.59. The lowest BCUT2D eigenvalue weighted by Gasteiger charge is -2.15. The van der Waals surface area contributed by atoms with Gasteiger partial charge in [0.15, 0.2) is 0 Å². The second kappa shape index (κ2) is 5.26. The van der Waals surface area contributed by atoms with E-state index >= 15 is 0 Å². The summed E-state index contributed by atoms with van der Waals surface area (Å²) in [6.45, 7) is 4.24. The topological polar surface area (TPSA) is 43.8 Å². The normalized spacial score (nSPS) is 13.1. The molecule has 2 aromatic rings. The highest BCUT2D eigenvalue weighted by Crippen LogP contribution is 2.29. The minimum atomic E-state index is -0.286. The molecule has 0 aliphatic heterocycles. The Bertz CT molecular complexity index is 565. The summed E-state index contributed by atoms with van der Waals surface area (Å²) in [5, 5.41) is 0. The number of hydrogen-bond acceptors (Lipinski definition) is 2.